The van der Waals surface area contributed by atoms with Crippen LogP contribution in [0.15, 0.2) is 36.8 Å². The molecule has 0 aromatic carbocycles. The number of rotatable bonds is 6. The summed E-state index contributed by atoms with van der Waals surface area (Å²) in [6, 6.07) is 5.45. The third-order valence-corrected chi connectivity index (χ3v) is 5.77. The number of nitrogens with zero attached hydrogens (tertiary/aromatic N) is 2. The molecular formula is C22H24N4O2. The van der Waals surface area contributed by atoms with Crippen molar-refractivity contribution in [1.82, 2.24) is 20.3 Å². The molecule has 3 heterocycles. The van der Waals surface area contributed by atoms with Crippen molar-refractivity contribution in [3.05, 3.63) is 59.3 Å². The number of hydrogen-bond donors (Lipinski definition) is 2. The first-order valence-corrected chi connectivity index (χ1v) is 9.66. The van der Waals surface area contributed by atoms with Gasteiger partial charge in [0.2, 0.25) is 0 Å². The lowest BCUT2D eigenvalue weighted by atomic mass is 9.93. The summed E-state index contributed by atoms with van der Waals surface area (Å²) in [7, 11) is 1.57. The van der Waals surface area contributed by atoms with Gasteiger partial charge in [0.15, 0.2) is 5.78 Å². The van der Waals surface area contributed by atoms with E-state index in [1.54, 1.807) is 19.3 Å². The number of carbonyl (C=O) groups is 2. The van der Waals surface area contributed by atoms with Crippen molar-refractivity contribution in [3.63, 3.8) is 0 Å². The summed E-state index contributed by atoms with van der Waals surface area (Å²) in [5.74, 6) is 0.750. The maximum Gasteiger partial charge on any atom is 0.269 e. The number of pyridine rings is 2. The fourth-order valence-electron chi connectivity index (χ4n) is 3.73. The van der Waals surface area contributed by atoms with Gasteiger partial charge in [-0.15, -0.1) is 0 Å². The Morgan fingerprint density at radius 1 is 1.32 bits per heavy atom. The number of ketones is 1. The average Bonchev–Trinajstić information content (AvgIpc) is 3.19. The van der Waals surface area contributed by atoms with Gasteiger partial charge in [-0.25, -0.2) is 4.98 Å². The quantitative estimate of drug-likeness (QED) is 0.642. The molecule has 1 amide bonds. The van der Waals surface area contributed by atoms with Crippen LogP contribution in [0.25, 0.3) is 10.9 Å². The van der Waals surface area contributed by atoms with Gasteiger partial charge in [0.05, 0.1) is 11.7 Å². The SMILES string of the molecule is CNC(=O)c1cc(C(=O)C[C@H]2C[C@@H]2C)cc(C(C)c2cncc3[nH]ccc23)n1. The van der Waals surface area contributed by atoms with Crippen molar-refractivity contribution in [2.45, 2.75) is 32.6 Å². The van der Waals surface area contributed by atoms with Crippen molar-refractivity contribution >= 4 is 22.6 Å². The van der Waals surface area contributed by atoms with Crippen LogP contribution in [0, 0.1) is 11.8 Å². The van der Waals surface area contributed by atoms with Crippen molar-refractivity contribution in [2.75, 3.05) is 7.05 Å². The normalized spacial score (nSPS) is 19.4. The molecule has 4 rings (SSSR count). The van der Waals surface area contributed by atoms with Crippen LogP contribution < -0.4 is 5.32 Å². The minimum Gasteiger partial charge on any atom is -0.360 e. The Morgan fingerprint density at radius 2 is 2.11 bits per heavy atom. The van der Waals surface area contributed by atoms with Crippen molar-refractivity contribution in [1.29, 1.82) is 0 Å². The van der Waals surface area contributed by atoms with E-state index in [4.69, 9.17) is 0 Å². The summed E-state index contributed by atoms with van der Waals surface area (Å²) in [6.45, 7) is 4.19. The lowest BCUT2D eigenvalue weighted by molar-refractivity contribution is 0.0958. The predicted octanol–water partition coefficient (Wildman–Crippen LogP) is 3.70. The van der Waals surface area contributed by atoms with E-state index in [0.717, 1.165) is 22.9 Å². The second-order valence-electron chi connectivity index (χ2n) is 7.73. The molecule has 6 heteroatoms. The number of carbonyl (C=O) groups excluding carboxylic acids is 2. The molecule has 1 unspecified atom stereocenters. The highest BCUT2D eigenvalue weighted by atomic mass is 16.1. The standard InChI is InChI=1S/C22H24N4O2/c1-12-6-14(12)9-21(27)15-7-18(26-19(8-15)22(28)23-3)13(2)17-10-24-11-20-16(17)4-5-25-20/h4-5,7-8,10-14,25H,6,9H2,1-3H3,(H,23,28)/t12-,13?,14+/m0/s1. The van der Waals surface area contributed by atoms with E-state index in [1.165, 1.54) is 0 Å². The van der Waals surface area contributed by atoms with Gasteiger partial charge >= 0.3 is 0 Å². The first-order valence-electron chi connectivity index (χ1n) is 9.66. The molecule has 1 aliphatic carbocycles. The Kier molecular flexibility index (Phi) is 4.71. The number of H-pyrrole nitrogens is 1. The molecule has 1 saturated carbocycles. The van der Waals surface area contributed by atoms with Crippen molar-refractivity contribution in [2.24, 2.45) is 11.8 Å². The largest absolute Gasteiger partial charge is 0.360 e. The minimum atomic E-state index is -0.291. The van der Waals surface area contributed by atoms with E-state index < -0.39 is 0 Å². The third-order valence-electron chi connectivity index (χ3n) is 5.77. The summed E-state index contributed by atoms with van der Waals surface area (Å²) in [5, 5.41) is 3.67. The Hall–Kier alpha value is -3.02. The Balaban J connectivity index is 1.74. The molecule has 0 saturated heterocycles. The van der Waals surface area contributed by atoms with Crippen LogP contribution in [-0.2, 0) is 0 Å². The van der Waals surface area contributed by atoms with E-state index in [0.29, 0.717) is 29.5 Å². The number of amides is 1. The smallest absolute Gasteiger partial charge is 0.269 e. The molecule has 3 aromatic rings. The van der Waals surface area contributed by atoms with E-state index in [1.807, 2.05) is 31.5 Å². The van der Waals surface area contributed by atoms with Gasteiger partial charge in [-0.3, -0.25) is 14.6 Å². The number of fused-ring (bicyclic) bond motifs is 1. The monoisotopic (exact) mass is 376 g/mol. The molecule has 0 radical (unpaired) electrons. The lowest BCUT2D eigenvalue weighted by Crippen LogP contribution is -2.21. The molecule has 144 valence electrons. The Labute approximate surface area is 163 Å². The first kappa shape index (κ1) is 18.3. The predicted molar refractivity (Wildman–Crippen MR) is 107 cm³/mol. The molecule has 3 aromatic heterocycles. The summed E-state index contributed by atoms with van der Waals surface area (Å²) >= 11 is 0. The fourth-order valence-corrected chi connectivity index (χ4v) is 3.73. The van der Waals surface area contributed by atoms with Gasteiger partial charge in [-0.05, 0) is 42.0 Å². The van der Waals surface area contributed by atoms with Gasteiger partial charge < -0.3 is 10.3 Å². The Morgan fingerprint density at radius 3 is 2.82 bits per heavy atom. The lowest BCUT2D eigenvalue weighted by Gasteiger charge is -2.15. The minimum absolute atomic E-state index is 0.0772. The van der Waals surface area contributed by atoms with Crippen LogP contribution in [0.1, 0.15) is 64.7 Å². The maximum absolute atomic E-state index is 12.8. The van der Waals surface area contributed by atoms with Crippen LogP contribution in [0.5, 0.6) is 0 Å². The highest BCUT2D eigenvalue weighted by molar-refractivity contribution is 6.00. The number of aromatic nitrogens is 3. The molecule has 0 bridgehead atoms. The topological polar surface area (TPSA) is 87.7 Å². The second-order valence-corrected chi connectivity index (χ2v) is 7.73. The summed E-state index contributed by atoms with van der Waals surface area (Å²) in [5.41, 5.74) is 3.49. The van der Waals surface area contributed by atoms with E-state index in [-0.39, 0.29) is 23.3 Å². The Bertz CT molecular complexity index is 1060. The summed E-state index contributed by atoms with van der Waals surface area (Å²) in [6.07, 6.45) is 7.11. The van der Waals surface area contributed by atoms with Gasteiger partial charge in [0.1, 0.15) is 5.69 Å². The molecule has 28 heavy (non-hydrogen) atoms. The molecular weight excluding hydrogens is 352 g/mol. The van der Waals surface area contributed by atoms with Crippen LogP contribution in [0.2, 0.25) is 0 Å². The molecule has 6 nitrogen and oxygen atoms in total. The number of Topliss-reactive ketones (excluding diaryl/α,β-unsaturated/α-hetero) is 1. The van der Waals surface area contributed by atoms with Crippen LogP contribution in [0.4, 0.5) is 0 Å². The highest BCUT2D eigenvalue weighted by Gasteiger charge is 2.34. The zero-order valence-electron chi connectivity index (χ0n) is 16.3. The molecule has 1 fully saturated rings. The van der Waals surface area contributed by atoms with Crippen LogP contribution in [0.3, 0.4) is 0 Å². The van der Waals surface area contributed by atoms with E-state index in [2.05, 4.69) is 27.2 Å². The van der Waals surface area contributed by atoms with Gasteiger partial charge in [-0.1, -0.05) is 13.8 Å². The van der Waals surface area contributed by atoms with Crippen LogP contribution in [-0.4, -0.2) is 33.7 Å². The zero-order valence-corrected chi connectivity index (χ0v) is 16.3. The molecule has 0 aliphatic heterocycles. The first-order chi connectivity index (χ1) is 13.5. The van der Waals surface area contributed by atoms with Gasteiger partial charge in [-0.2, -0.15) is 0 Å². The number of aromatic amines is 1. The van der Waals surface area contributed by atoms with Crippen molar-refractivity contribution < 1.29 is 9.59 Å². The summed E-state index contributed by atoms with van der Waals surface area (Å²) in [4.78, 5) is 37.1. The molecule has 1 aliphatic rings. The molecule has 2 N–H and O–H groups in total. The van der Waals surface area contributed by atoms with Gasteiger partial charge in [0.25, 0.3) is 5.91 Å². The third kappa shape index (κ3) is 3.42. The van der Waals surface area contributed by atoms with Gasteiger partial charge in [0, 0.05) is 48.4 Å². The number of nitrogens with one attached hydrogen (secondary N) is 2. The highest BCUT2D eigenvalue weighted by Crippen LogP contribution is 2.41. The van der Waals surface area contributed by atoms with E-state index >= 15 is 0 Å². The maximum atomic E-state index is 12.8. The molecule has 0 spiro atoms. The summed E-state index contributed by atoms with van der Waals surface area (Å²) < 4.78 is 0. The zero-order chi connectivity index (χ0) is 19.8. The van der Waals surface area contributed by atoms with E-state index in [9.17, 15) is 9.59 Å². The number of hydrogen-bond acceptors (Lipinski definition) is 4. The van der Waals surface area contributed by atoms with Crippen molar-refractivity contribution in [3.8, 4) is 0 Å². The average molecular weight is 376 g/mol. The molecule has 3 atom stereocenters. The second kappa shape index (κ2) is 7.19. The fraction of sp³-hybridized carbons (Fsp3) is 0.364. The van der Waals surface area contributed by atoms with Crippen LogP contribution >= 0.6 is 0 Å².